The molecule has 0 fully saturated rings. The van der Waals surface area contributed by atoms with E-state index in [1.165, 1.54) is 6.07 Å². The molecule has 3 aromatic rings. The smallest absolute Gasteiger partial charge is 0.123 e. The molecule has 0 aliphatic rings. The monoisotopic (exact) mass is 269 g/mol. The highest BCUT2D eigenvalue weighted by Crippen LogP contribution is 2.22. The molecule has 0 saturated carbocycles. The van der Waals surface area contributed by atoms with Crippen LogP contribution < -0.4 is 5.73 Å². The average molecular weight is 269 g/mol. The molecule has 0 amide bonds. The first-order valence-electron chi connectivity index (χ1n) is 6.61. The van der Waals surface area contributed by atoms with Crippen molar-refractivity contribution in [1.29, 1.82) is 0 Å². The lowest BCUT2D eigenvalue weighted by molar-refractivity contribution is 0.622. The summed E-state index contributed by atoms with van der Waals surface area (Å²) in [5, 5.41) is 0. The van der Waals surface area contributed by atoms with Crippen molar-refractivity contribution in [2.75, 3.05) is 0 Å². The Kier molecular flexibility index (Phi) is 3.24. The van der Waals surface area contributed by atoms with Gasteiger partial charge in [-0.05, 0) is 49.2 Å². The van der Waals surface area contributed by atoms with Crippen molar-refractivity contribution in [3.05, 3.63) is 60.2 Å². The molecule has 20 heavy (non-hydrogen) atoms. The number of fused-ring (bicyclic) bond motifs is 1. The normalized spacial score (nSPS) is 12.8. The fourth-order valence-corrected chi connectivity index (χ4v) is 2.45. The topological polar surface area (TPSA) is 43.8 Å². The van der Waals surface area contributed by atoms with E-state index in [1.807, 2.05) is 35.8 Å². The lowest BCUT2D eigenvalue weighted by atomic mass is 10.0. The van der Waals surface area contributed by atoms with Crippen LogP contribution >= 0.6 is 0 Å². The highest BCUT2D eigenvalue weighted by Gasteiger charge is 2.11. The van der Waals surface area contributed by atoms with Gasteiger partial charge in [0.15, 0.2) is 0 Å². The number of halogens is 1. The number of nitrogens with zero attached hydrogens (tertiary/aromatic N) is 2. The second-order valence-corrected chi connectivity index (χ2v) is 5.06. The Balaban J connectivity index is 2.18. The highest BCUT2D eigenvalue weighted by molar-refractivity contribution is 5.77. The van der Waals surface area contributed by atoms with Crippen LogP contribution in [0.5, 0.6) is 0 Å². The molecule has 1 unspecified atom stereocenters. The summed E-state index contributed by atoms with van der Waals surface area (Å²) in [6, 6.07) is 12.7. The van der Waals surface area contributed by atoms with Crippen LogP contribution in [0.3, 0.4) is 0 Å². The molecule has 0 bridgehead atoms. The predicted octanol–water partition coefficient (Wildman–Crippen LogP) is 3.05. The second kappa shape index (κ2) is 5.06. The van der Waals surface area contributed by atoms with Gasteiger partial charge in [-0.1, -0.05) is 12.1 Å². The highest BCUT2D eigenvalue weighted by atomic mass is 19.1. The summed E-state index contributed by atoms with van der Waals surface area (Å²) in [6.45, 7) is 1.92. The van der Waals surface area contributed by atoms with Crippen molar-refractivity contribution in [2.45, 2.75) is 19.4 Å². The maximum absolute atomic E-state index is 13.5. The lowest BCUT2D eigenvalue weighted by Gasteiger charge is -2.13. The van der Waals surface area contributed by atoms with E-state index in [2.05, 4.69) is 4.98 Å². The van der Waals surface area contributed by atoms with E-state index >= 15 is 0 Å². The van der Waals surface area contributed by atoms with E-state index in [0.29, 0.717) is 6.42 Å². The van der Waals surface area contributed by atoms with Crippen LogP contribution in [0.4, 0.5) is 4.39 Å². The number of para-hydroxylation sites is 2. The quantitative estimate of drug-likeness (QED) is 0.794. The fourth-order valence-electron chi connectivity index (χ4n) is 2.45. The van der Waals surface area contributed by atoms with E-state index in [-0.39, 0.29) is 11.9 Å². The molecule has 0 aliphatic carbocycles. The molecule has 4 heteroatoms. The molecule has 1 aromatic heterocycles. The fraction of sp³-hybridized carbons (Fsp3) is 0.188. The standard InChI is InChI=1S/C16H16FN3/c1-11(18)8-12-9-13(17)6-7-15(12)20-10-19-14-4-2-3-5-16(14)20/h2-7,9-11H,8,18H2,1H3. The first-order valence-corrected chi connectivity index (χ1v) is 6.61. The van der Waals surface area contributed by atoms with E-state index in [1.54, 1.807) is 18.5 Å². The zero-order chi connectivity index (χ0) is 14.1. The molecule has 3 nitrogen and oxygen atoms in total. The van der Waals surface area contributed by atoms with E-state index in [0.717, 1.165) is 22.3 Å². The molecule has 0 spiro atoms. The number of rotatable bonds is 3. The van der Waals surface area contributed by atoms with Gasteiger partial charge in [-0.15, -0.1) is 0 Å². The van der Waals surface area contributed by atoms with Crippen molar-refractivity contribution < 1.29 is 4.39 Å². The number of benzene rings is 2. The number of imidazole rings is 1. The van der Waals surface area contributed by atoms with Gasteiger partial charge in [0.25, 0.3) is 0 Å². The predicted molar refractivity (Wildman–Crippen MR) is 78.4 cm³/mol. The van der Waals surface area contributed by atoms with Crippen LogP contribution in [-0.2, 0) is 6.42 Å². The molecule has 3 rings (SSSR count). The molecule has 1 heterocycles. The second-order valence-electron chi connectivity index (χ2n) is 5.06. The summed E-state index contributed by atoms with van der Waals surface area (Å²) >= 11 is 0. The summed E-state index contributed by atoms with van der Waals surface area (Å²) in [5.41, 5.74) is 9.61. The minimum absolute atomic E-state index is 0.0228. The van der Waals surface area contributed by atoms with Gasteiger partial charge >= 0.3 is 0 Å². The Hall–Kier alpha value is -2.20. The van der Waals surface area contributed by atoms with Gasteiger partial charge in [0, 0.05) is 6.04 Å². The van der Waals surface area contributed by atoms with Crippen LogP contribution in [0.15, 0.2) is 48.8 Å². The Morgan fingerprint density at radius 1 is 1.25 bits per heavy atom. The van der Waals surface area contributed by atoms with Crippen molar-refractivity contribution in [1.82, 2.24) is 9.55 Å². The van der Waals surface area contributed by atoms with Gasteiger partial charge in [-0.2, -0.15) is 0 Å². The minimum atomic E-state index is -0.242. The molecular formula is C16H16FN3. The third kappa shape index (κ3) is 2.30. The summed E-state index contributed by atoms with van der Waals surface area (Å²) in [4.78, 5) is 4.38. The van der Waals surface area contributed by atoms with Crippen LogP contribution in [0, 0.1) is 5.82 Å². The van der Waals surface area contributed by atoms with Gasteiger partial charge in [0.05, 0.1) is 16.7 Å². The average Bonchev–Trinajstić information content (AvgIpc) is 2.82. The molecule has 0 saturated heterocycles. The Bertz CT molecular complexity index is 746. The summed E-state index contributed by atoms with van der Waals surface area (Å²) in [5.74, 6) is -0.242. The lowest BCUT2D eigenvalue weighted by Crippen LogP contribution is -2.19. The van der Waals surface area contributed by atoms with E-state index < -0.39 is 0 Å². The van der Waals surface area contributed by atoms with E-state index in [4.69, 9.17) is 5.73 Å². The largest absolute Gasteiger partial charge is 0.328 e. The van der Waals surface area contributed by atoms with Gasteiger partial charge in [-0.25, -0.2) is 9.37 Å². The van der Waals surface area contributed by atoms with Crippen LogP contribution in [0.2, 0.25) is 0 Å². The zero-order valence-electron chi connectivity index (χ0n) is 11.3. The Morgan fingerprint density at radius 2 is 2.05 bits per heavy atom. The van der Waals surface area contributed by atoms with Crippen molar-refractivity contribution in [2.24, 2.45) is 5.73 Å². The zero-order valence-corrected chi connectivity index (χ0v) is 11.3. The molecule has 102 valence electrons. The van der Waals surface area contributed by atoms with Gasteiger partial charge in [0.2, 0.25) is 0 Å². The number of hydrogen-bond acceptors (Lipinski definition) is 2. The third-order valence-electron chi connectivity index (χ3n) is 3.30. The van der Waals surface area contributed by atoms with E-state index in [9.17, 15) is 4.39 Å². The molecule has 0 radical (unpaired) electrons. The first-order chi connectivity index (χ1) is 9.65. The molecule has 2 aromatic carbocycles. The minimum Gasteiger partial charge on any atom is -0.328 e. The maximum atomic E-state index is 13.5. The summed E-state index contributed by atoms with van der Waals surface area (Å²) in [6.07, 6.45) is 2.39. The van der Waals surface area contributed by atoms with Gasteiger partial charge in [-0.3, -0.25) is 4.57 Å². The molecule has 1 atom stereocenters. The molecular weight excluding hydrogens is 253 g/mol. The third-order valence-corrected chi connectivity index (χ3v) is 3.30. The van der Waals surface area contributed by atoms with Crippen molar-refractivity contribution in [3.8, 4) is 5.69 Å². The Labute approximate surface area is 116 Å². The van der Waals surface area contributed by atoms with Crippen LogP contribution in [0.25, 0.3) is 16.7 Å². The summed E-state index contributed by atoms with van der Waals surface area (Å²) in [7, 11) is 0. The number of aromatic nitrogens is 2. The molecule has 0 aliphatic heterocycles. The van der Waals surface area contributed by atoms with Gasteiger partial charge < -0.3 is 5.73 Å². The maximum Gasteiger partial charge on any atom is 0.123 e. The van der Waals surface area contributed by atoms with Crippen LogP contribution in [-0.4, -0.2) is 15.6 Å². The Morgan fingerprint density at radius 3 is 2.85 bits per heavy atom. The summed E-state index contributed by atoms with van der Waals surface area (Å²) < 4.78 is 15.5. The van der Waals surface area contributed by atoms with Crippen molar-refractivity contribution in [3.63, 3.8) is 0 Å². The van der Waals surface area contributed by atoms with Crippen LogP contribution in [0.1, 0.15) is 12.5 Å². The number of hydrogen-bond donors (Lipinski definition) is 1. The van der Waals surface area contributed by atoms with Gasteiger partial charge in [0.1, 0.15) is 12.1 Å². The SMILES string of the molecule is CC(N)Cc1cc(F)ccc1-n1cnc2ccccc21. The first kappa shape index (κ1) is 12.8. The molecule has 2 N–H and O–H groups in total. The number of nitrogens with two attached hydrogens (primary N) is 1. The van der Waals surface area contributed by atoms with Crippen molar-refractivity contribution >= 4 is 11.0 Å².